The van der Waals surface area contributed by atoms with Crippen LogP contribution in [0, 0.1) is 5.92 Å². The summed E-state index contributed by atoms with van der Waals surface area (Å²) in [5.41, 5.74) is 5.29. The molecular weight excluding hydrogens is 358 g/mol. The predicted molar refractivity (Wildman–Crippen MR) is 112 cm³/mol. The highest BCUT2D eigenvalue weighted by molar-refractivity contribution is 5.85. The van der Waals surface area contributed by atoms with Gasteiger partial charge in [0.25, 0.3) is 0 Å². The number of nitrogens with zero attached hydrogens (tertiary/aromatic N) is 1. The number of anilines is 1. The zero-order valence-corrected chi connectivity index (χ0v) is 16.4. The maximum absolute atomic E-state index is 12.2. The Labute approximate surface area is 167 Å². The fourth-order valence-electron chi connectivity index (χ4n) is 3.97. The Bertz CT molecular complexity index is 756. The number of fused-ring (bicyclic) bond motifs is 1. The van der Waals surface area contributed by atoms with Crippen LogP contribution in [0.1, 0.15) is 29.5 Å². The van der Waals surface area contributed by atoms with Crippen molar-refractivity contribution in [1.29, 1.82) is 0 Å². The van der Waals surface area contributed by atoms with Crippen molar-refractivity contribution in [2.75, 3.05) is 24.5 Å². The van der Waals surface area contributed by atoms with Crippen molar-refractivity contribution < 1.29 is 4.79 Å². The Balaban J connectivity index is 0.00000210. The molecule has 0 aliphatic carbocycles. The minimum atomic E-state index is 0. The molecule has 0 saturated carbocycles. The predicted octanol–water partition coefficient (Wildman–Crippen LogP) is 3.29. The lowest BCUT2D eigenvalue weighted by Gasteiger charge is -2.22. The quantitative estimate of drug-likeness (QED) is 0.830. The second-order valence-corrected chi connectivity index (χ2v) is 7.36. The Hall–Kier alpha value is -2.04. The van der Waals surface area contributed by atoms with E-state index < -0.39 is 0 Å². The van der Waals surface area contributed by atoms with Crippen LogP contribution < -0.4 is 15.5 Å². The van der Waals surface area contributed by atoms with Crippen molar-refractivity contribution in [3.8, 4) is 0 Å². The Morgan fingerprint density at radius 2 is 1.74 bits per heavy atom. The molecule has 27 heavy (non-hydrogen) atoms. The van der Waals surface area contributed by atoms with E-state index in [0.717, 1.165) is 51.0 Å². The molecule has 2 heterocycles. The molecule has 1 fully saturated rings. The number of benzene rings is 2. The van der Waals surface area contributed by atoms with E-state index in [4.69, 9.17) is 0 Å². The molecule has 2 aromatic carbocycles. The molecule has 2 aliphatic heterocycles. The Morgan fingerprint density at radius 3 is 2.52 bits per heavy atom. The first-order chi connectivity index (χ1) is 12.8. The molecule has 0 atom stereocenters. The summed E-state index contributed by atoms with van der Waals surface area (Å²) in [5, 5.41) is 6.40. The lowest BCUT2D eigenvalue weighted by Crippen LogP contribution is -2.37. The average Bonchev–Trinajstić information content (AvgIpc) is 3.11. The van der Waals surface area contributed by atoms with Crippen LogP contribution in [0.4, 0.5) is 5.69 Å². The monoisotopic (exact) mass is 385 g/mol. The van der Waals surface area contributed by atoms with Crippen LogP contribution in [0.3, 0.4) is 0 Å². The molecule has 1 saturated heterocycles. The van der Waals surface area contributed by atoms with Crippen molar-refractivity contribution in [1.82, 2.24) is 10.6 Å². The van der Waals surface area contributed by atoms with Crippen molar-refractivity contribution >= 4 is 24.0 Å². The first-order valence-corrected chi connectivity index (χ1v) is 9.69. The van der Waals surface area contributed by atoms with Crippen LogP contribution in [0.2, 0.25) is 0 Å². The first kappa shape index (κ1) is 19.7. The summed E-state index contributed by atoms with van der Waals surface area (Å²) >= 11 is 0. The topological polar surface area (TPSA) is 44.4 Å². The summed E-state index contributed by atoms with van der Waals surface area (Å²) in [6, 6.07) is 17.3. The summed E-state index contributed by atoms with van der Waals surface area (Å²) in [6.07, 6.45) is 3.03. The third kappa shape index (κ3) is 4.82. The summed E-state index contributed by atoms with van der Waals surface area (Å²) in [4.78, 5) is 14.7. The van der Waals surface area contributed by atoms with Gasteiger partial charge in [-0.25, -0.2) is 0 Å². The van der Waals surface area contributed by atoms with Crippen LogP contribution in [-0.2, 0) is 24.3 Å². The standard InChI is InChI=1S/C22H27N3O.ClH/c26-22(20-9-12-23-13-10-20)24-15-17-5-7-18(8-6-17)16-25-14-11-19-3-1-2-4-21(19)25;/h1-8,20,23H,9-16H2,(H,24,26);1H. The molecule has 2 aliphatic rings. The third-order valence-electron chi connectivity index (χ3n) is 5.56. The number of carbonyl (C=O) groups is 1. The van der Waals surface area contributed by atoms with Gasteiger partial charge in [0.05, 0.1) is 0 Å². The summed E-state index contributed by atoms with van der Waals surface area (Å²) in [6.45, 7) is 4.56. The van der Waals surface area contributed by atoms with Gasteiger partial charge >= 0.3 is 0 Å². The largest absolute Gasteiger partial charge is 0.367 e. The number of halogens is 1. The number of hydrogen-bond acceptors (Lipinski definition) is 3. The number of rotatable bonds is 5. The van der Waals surface area contributed by atoms with Crippen molar-refractivity contribution in [2.24, 2.45) is 5.92 Å². The van der Waals surface area contributed by atoms with E-state index in [0.29, 0.717) is 6.54 Å². The van der Waals surface area contributed by atoms with Crippen molar-refractivity contribution in [2.45, 2.75) is 32.4 Å². The minimum absolute atomic E-state index is 0. The van der Waals surface area contributed by atoms with Crippen molar-refractivity contribution in [3.05, 3.63) is 65.2 Å². The Kier molecular flexibility index (Phi) is 6.75. The van der Waals surface area contributed by atoms with E-state index in [2.05, 4.69) is 64.1 Å². The molecule has 1 amide bonds. The average molecular weight is 386 g/mol. The number of hydrogen-bond donors (Lipinski definition) is 2. The molecular formula is C22H28ClN3O. The number of carbonyl (C=O) groups excluding carboxylic acids is 1. The van der Waals surface area contributed by atoms with E-state index in [1.165, 1.54) is 16.8 Å². The maximum atomic E-state index is 12.2. The van der Waals surface area contributed by atoms with Gasteiger partial charge in [-0.2, -0.15) is 0 Å². The van der Waals surface area contributed by atoms with E-state index in [1.54, 1.807) is 0 Å². The molecule has 0 aromatic heterocycles. The SMILES string of the molecule is Cl.O=C(NCc1ccc(CN2CCc3ccccc32)cc1)C1CCNCC1. The second kappa shape index (κ2) is 9.25. The first-order valence-electron chi connectivity index (χ1n) is 9.69. The van der Waals surface area contributed by atoms with Gasteiger partial charge in [0, 0.05) is 31.2 Å². The molecule has 4 nitrogen and oxygen atoms in total. The van der Waals surface area contributed by atoms with E-state index in [-0.39, 0.29) is 24.2 Å². The lowest BCUT2D eigenvalue weighted by atomic mass is 9.97. The van der Waals surface area contributed by atoms with Crippen LogP contribution in [0.15, 0.2) is 48.5 Å². The molecule has 2 N–H and O–H groups in total. The van der Waals surface area contributed by atoms with Gasteiger partial charge in [0.2, 0.25) is 5.91 Å². The van der Waals surface area contributed by atoms with Crippen LogP contribution >= 0.6 is 12.4 Å². The Morgan fingerprint density at radius 1 is 1.04 bits per heavy atom. The molecule has 0 radical (unpaired) electrons. The molecule has 144 valence electrons. The molecule has 4 rings (SSSR count). The highest BCUT2D eigenvalue weighted by atomic mass is 35.5. The number of piperidine rings is 1. The number of nitrogens with one attached hydrogen (secondary N) is 2. The number of para-hydroxylation sites is 1. The number of amides is 1. The normalized spacial score (nSPS) is 16.5. The van der Waals surface area contributed by atoms with Gasteiger partial charge in [-0.3, -0.25) is 4.79 Å². The smallest absolute Gasteiger partial charge is 0.223 e. The van der Waals surface area contributed by atoms with Crippen LogP contribution in [-0.4, -0.2) is 25.5 Å². The van der Waals surface area contributed by atoms with Gasteiger partial charge in [-0.05, 0) is 55.1 Å². The molecule has 0 bridgehead atoms. The maximum Gasteiger partial charge on any atom is 0.223 e. The van der Waals surface area contributed by atoms with Gasteiger partial charge in [-0.1, -0.05) is 42.5 Å². The van der Waals surface area contributed by atoms with Gasteiger partial charge < -0.3 is 15.5 Å². The van der Waals surface area contributed by atoms with Gasteiger partial charge in [-0.15, -0.1) is 12.4 Å². The fourth-order valence-corrected chi connectivity index (χ4v) is 3.97. The summed E-state index contributed by atoms with van der Waals surface area (Å²) < 4.78 is 0. The molecule has 2 aromatic rings. The third-order valence-corrected chi connectivity index (χ3v) is 5.56. The molecule has 5 heteroatoms. The highest BCUT2D eigenvalue weighted by Crippen LogP contribution is 2.28. The second-order valence-electron chi connectivity index (χ2n) is 7.36. The molecule has 0 spiro atoms. The van der Waals surface area contributed by atoms with Crippen LogP contribution in [0.25, 0.3) is 0 Å². The van der Waals surface area contributed by atoms with E-state index >= 15 is 0 Å². The van der Waals surface area contributed by atoms with E-state index in [9.17, 15) is 4.79 Å². The van der Waals surface area contributed by atoms with Crippen molar-refractivity contribution in [3.63, 3.8) is 0 Å². The fraction of sp³-hybridized carbons (Fsp3) is 0.409. The van der Waals surface area contributed by atoms with Gasteiger partial charge in [0.1, 0.15) is 0 Å². The van der Waals surface area contributed by atoms with Crippen LogP contribution in [0.5, 0.6) is 0 Å². The lowest BCUT2D eigenvalue weighted by molar-refractivity contribution is -0.125. The summed E-state index contributed by atoms with van der Waals surface area (Å²) in [7, 11) is 0. The zero-order valence-electron chi connectivity index (χ0n) is 15.6. The van der Waals surface area contributed by atoms with E-state index in [1.807, 2.05) is 0 Å². The summed E-state index contributed by atoms with van der Waals surface area (Å²) in [5.74, 6) is 0.370. The minimum Gasteiger partial charge on any atom is -0.367 e. The molecule has 0 unspecified atom stereocenters. The zero-order chi connectivity index (χ0) is 17.8. The van der Waals surface area contributed by atoms with Gasteiger partial charge in [0.15, 0.2) is 0 Å². The highest BCUT2D eigenvalue weighted by Gasteiger charge is 2.20.